The van der Waals surface area contributed by atoms with Crippen LogP contribution in [0, 0.1) is 0 Å². The summed E-state index contributed by atoms with van der Waals surface area (Å²) in [4.78, 5) is 24.0. The predicted molar refractivity (Wildman–Crippen MR) is 127 cm³/mol. The second-order valence-electron chi connectivity index (χ2n) is 7.79. The average molecular weight is 438 g/mol. The summed E-state index contributed by atoms with van der Waals surface area (Å²) in [7, 11) is 3.46. The zero-order chi connectivity index (χ0) is 22.9. The van der Waals surface area contributed by atoms with E-state index < -0.39 is 11.3 Å². The number of aromatic hydroxyl groups is 1. The first-order chi connectivity index (χ1) is 16.0. The summed E-state index contributed by atoms with van der Waals surface area (Å²) in [6, 6.07) is 27.0. The lowest BCUT2D eigenvalue weighted by atomic mass is 9.98. The van der Waals surface area contributed by atoms with E-state index in [2.05, 4.69) is 9.97 Å². The van der Waals surface area contributed by atoms with Crippen molar-refractivity contribution >= 4 is 17.0 Å². The Morgan fingerprint density at radius 2 is 1.45 bits per heavy atom. The maximum Gasteiger partial charge on any atom is 0.297 e. The van der Waals surface area contributed by atoms with Crippen molar-refractivity contribution in [3.63, 3.8) is 0 Å². The van der Waals surface area contributed by atoms with Gasteiger partial charge in [0.25, 0.3) is 11.4 Å². The van der Waals surface area contributed by atoms with Crippen LogP contribution in [-0.4, -0.2) is 26.7 Å². The van der Waals surface area contributed by atoms with Crippen LogP contribution in [0.15, 0.2) is 94.1 Å². The lowest BCUT2D eigenvalue weighted by Crippen LogP contribution is -2.32. The molecule has 0 aliphatic carbocycles. The molecule has 0 fully saturated rings. The van der Waals surface area contributed by atoms with E-state index in [1.807, 2.05) is 84.7 Å². The molecule has 0 bridgehead atoms. The van der Waals surface area contributed by atoms with Gasteiger partial charge in [0.2, 0.25) is 11.7 Å². The molecule has 0 unspecified atom stereocenters. The van der Waals surface area contributed by atoms with Gasteiger partial charge in [0.05, 0.1) is 6.04 Å². The van der Waals surface area contributed by atoms with Gasteiger partial charge in [0, 0.05) is 14.1 Å². The van der Waals surface area contributed by atoms with Crippen molar-refractivity contribution in [3.05, 3.63) is 106 Å². The van der Waals surface area contributed by atoms with E-state index in [-0.39, 0.29) is 17.6 Å². The molecule has 33 heavy (non-hydrogen) atoms. The predicted octanol–water partition coefficient (Wildman–Crippen LogP) is 4.52. The SMILES string of the molecule is CN(c1nc(-c2nc3ccccc3o2)c(O)c(=O)n1C)C(c1ccccc1)c1ccccc1. The van der Waals surface area contributed by atoms with Crippen molar-refractivity contribution in [2.24, 2.45) is 7.05 Å². The molecule has 0 aliphatic heterocycles. The number of oxazole rings is 1. The van der Waals surface area contributed by atoms with E-state index in [1.54, 1.807) is 19.2 Å². The van der Waals surface area contributed by atoms with Gasteiger partial charge in [-0.05, 0) is 23.3 Å². The molecule has 164 valence electrons. The van der Waals surface area contributed by atoms with Gasteiger partial charge in [-0.1, -0.05) is 72.8 Å². The van der Waals surface area contributed by atoms with Crippen molar-refractivity contribution in [3.8, 4) is 17.3 Å². The third kappa shape index (κ3) is 3.63. The van der Waals surface area contributed by atoms with Gasteiger partial charge < -0.3 is 14.4 Å². The monoisotopic (exact) mass is 438 g/mol. The molecule has 0 saturated carbocycles. The summed E-state index contributed by atoms with van der Waals surface area (Å²) in [6.45, 7) is 0. The van der Waals surface area contributed by atoms with Crippen LogP contribution in [0.1, 0.15) is 17.2 Å². The number of hydrogen-bond donors (Lipinski definition) is 1. The first kappa shape index (κ1) is 20.5. The molecule has 7 heteroatoms. The number of para-hydroxylation sites is 2. The first-order valence-electron chi connectivity index (χ1n) is 10.5. The lowest BCUT2D eigenvalue weighted by molar-refractivity contribution is 0.455. The van der Waals surface area contributed by atoms with Gasteiger partial charge in [-0.25, -0.2) is 9.97 Å². The molecule has 5 aromatic rings. The fourth-order valence-electron chi connectivity index (χ4n) is 4.04. The molecule has 0 spiro atoms. The lowest BCUT2D eigenvalue weighted by Gasteiger charge is -2.31. The van der Waals surface area contributed by atoms with Gasteiger partial charge in [-0.2, -0.15) is 0 Å². The van der Waals surface area contributed by atoms with Gasteiger partial charge in [0.15, 0.2) is 11.3 Å². The van der Waals surface area contributed by atoms with E-state index >= 15 is 0 Å². The molecule has 0 saturated heterocycles. The fraction of sp³-hybridized carbons (Fsp3) is 0.115. The summed E-state index contributed by atoms with van der Waals surface area (Å²) in [5.74, 6) is -0.0398. The highest BCUT2D eigenvalue weighted by atomic mass is 16.4. The van der Waals surface area contributed by atoms with Crippen LogP contribution in [0.3, 0.4) is 0 Å². The Hall–Kier alpha value is -4.39. The Morgan fingerprint density at radius 3 is 2.06 bits per heavy atom. The minimum Gasteiger partial charge on any atom is -0.501 e. The van der Waals surface area contributed by atoms with E-state index in [4.69, 9.17) is 4.42 Å². The minimum absolute atomic E-state index is 0.0102. The van der Waals surface area contributed by atoms with Crippen molar-refractivity contribution in [2.75, 3.05) is 11.9 Å². The van der Waals surface area contributed by atoms with Crippen molar-refractivity contribution in [1.29, 1.82) is 0 Å². The number of benzene rings is 3. The molecule has 2 aromatic heterocycles. The standard InChI is InChI=1S/C26H22N4O3/c1-29(22(17-11-5-3-6-12-17)18-13-7-4-8-14-18)26-28-21(23(31)25(32)30(26)2)24-27-19-15-9-10-16-20(19)33-24/h3-16,22,31H,1-2H3. The molecule has 0 radical (unpaired) electrons. The summed E-state index contributed by atoms with van der Waals surface area (Å²) in [6.07, 6.45) is 0. The van der Waals surface area contributed by atoms with Gasteiger partial charge in [-0.15, -0.1) is 0 Å². The average Bonchev–Trinajstić information content (AvgIpc) is 3.28. The summed E-state index contributed by atoms with van der Waals surface area (Å²) < 4.78 is 7.13. The first-order valence-corrected chi connectivity index (χ1v) is 10.5. The number of anilines is 1. The van der Waals surface area contributed by atoms with Crippen LogP contribution in [0.5, 0.6) is 5.75 Å². The number of fused-ring (bicyclic) bond motifs is 1. The molecule has 0 atom stereocenters. The highest BCUT2D eigenvalue weighted by molar-refractivity contribution is 5.76. The van der Waals surface area contributed by atoms with Crippen molar-refractivity contribution < 1.29 is 9.52 Å². The third-order valence-corrected chi connectivity index (χ3v) is 5.67. The molecule has 2 heterocycles. The highest BCUT2D eigenvalue weighted by Gasteiger charge is 2.26. The maximum atomic E-state index is 13.0. The van der Waals surface area contributed by atoms with E-state index in [9.17, 15) is 9.90 Å². The van der Waals surface area contributed by atoms with Crippen LogP contribution >= 0.6 is 0 Å². The molecule has 0 aliphatic rings. The normalized spacial score (nSPS) is 11.2. The zero-order valence-corrected chi connectivity index (χ0v) is 18.2. The summed E-state index contributed by atoms with van der Waals surface area (Å²) in [5, 5.41) is 10.6. The quantitative estimate of drug-likeness (QED) is 0.434. The molecular weight excluding hydrogens is 416 g/mol. The number of rotatable bonds is 5. The number of hydrogen-bond acceptors (Lipinski definition) is 6. The molecule has 5 rings (SSSR count). The van der Waals surface area contributed by atoms with Gasteiger partial charge in [-0.3, -0.25) is 9.36 Å². The van der Waals surface area contributed by atoms with Crippen LogP contribution in [0.4, 0.5) is 5.95 Å². The Labute approximate surface area is 190 Å². The summed E-state index contributed by atoms with van der Waals surface area (Å²) in [5.41, 5.74) is 2.68. The van der Waals surface area contributed by atoms with Gasteiger partial charge in [0.1, 0.15) is 5.52 Å². The molecule has 7 nitrogen and oxygen atoms in total. The van der Waals surface area contributed by atoms with E-state index in [1.165, 1.54) is 4.57 Å². The second kappa shape index (κ2) is 8.27. The number of nitrogens with zero attached hydrogens (tertiary/aromatic N) is 4. The third-order valence-electron chi connectivity index (χ3n) is 5.67. The largest absolute Gasteiger partial charge is 0.501 e. The molecule has 3 aromatic carbocycles. The van der Waals surface area contributed by atoms with Crippen LogP contribution in [-0.2, 0) is 7.05 Å². The highest BCUT2D eigenvalue weighted by Crippen LogP contribution is 2.33. The topological polar surface area (TPSA) is 84.4 Å². The second-order valence-corrected chi connectivity index (χ2v) is 7.79. The Morgan fingerprint density at radius 1 is 0.879 bits per heavy atom. The molecule has 0 amide bonds. The van der Waals surface area contributed by atoms with Crippen molar-refractivity contribution in [2.45, 2.75) is 6.04 Å². The fourth-order valence-corrected chi connectivity index (χ4v) is 4.04. The van der Waals surface area contributed by atoms with E-state index in [0.29, 0.717) is 17.0 Å². The molecule has 1 N–H and O–H groups in total. The van der Waals surface area contributed by atoms with Crippen LogP contribution < -0.4 is 10.5 Å². The minimum atomic E-state index is -0.580. The summed E-state index contributed by atoms with van der Waals surface area (Å²) >= 11 is 0. The van der Waals surface area contributed by atoms with Crippen LogP contribution in [0.25, 0.3) is 22.7 Å². The van der Waals surface area contributed by atoms with Crippen molar-refractivity contribution in [1.82, 2.24) is 14.5 Å². The Kier molecular flexibility index (Phi) is 5.14. The van der Waals surface area contributed by atoms with Crippen LogP contribution in [0.2, 0.25) is 0 Å². The number of aromatic nitrogens is 3. The Bertz CT molecular complexity index is 1400. The van der Waals surface area contributed by atoms with E-state index in [0.717, 1.165) is 11.1 Å². The zero-order valence-electron chi connectivity index (χ0n) is 18.2. The molecular formula is C26H22N4O3. The maximum absolute atomic E-state index is 13.0. The smallest absolute Gasteiger partial charge is 0.297 e. The Balaban J connectivity index is 1.68. The van der Waals surface area contributed by atoms with Gasteiger partial charge >= 0.3 is 0 Å².